The molecular weight excluding hydrogens is 793 g/mol. The number of aromatic nitrogens is 2. The maximum absolute atomic E-state index is 13.9. The number of carboxylic acids is 1. The van der Waals surface area contributed by atoms with Crippen molar-refractivity contribution in [2.24, 2.45) is 0 Å². The molecule has 7 unspecified atom stereocenters. The highest BCUT2D eigenvalue weighted by Gasteiger charge is 2.37. The van der Waals surface area contributed by atoms with E-state index in [2.05, 4.69) is 32.0 Å². The molecule has 4 rings (SSSR count). The van der Waals surface area contributed by atoms with E-state index in [0.29, 0.717) is 16.9 Å². The van der Waals surface area contributed by atoms with Gasteiger partial charge in [-0.2, -0.15) is 11.8 Å². The molecule has 0 spiro atoms. The quantitative estimate of drug-likeness (QED) is 0.0624. The molecule has 0 aliphatic carbocycles. The number of aliphatic hydroxyl groups is 1. The molecule has 11 N–H and O–H groups in total. The molecule has 20 nitrogen and oxygen atoms in total. The SMILES string of the molecule is CSCCC(NC(=O)NC(Cc1cccc(O)c1)C(=O)[O-])C(=O)NC(C(=O)N/C=C1/CC(O)C(n2ccc(=O)[nH]c2=O)O1)C(C)N(C)C(=O)C([NH3+])Cc1cccc(O)c1. The summed E-state index contributed by atoms with van der Waals surface area (Å²) in [7, 11) is 1.41. The normalized spacial score (nSPS) is 18.0. The van der Waals surface area contributed by atoms with Gasteiger partial charge in [0.15, 0.2) is 6.04 Å². The smallest absolute Gasteiger partial charge is 0.331 e. The van der Waals surface area contributed by atoms with E-state index in [4.69, 9.17) is 4.74 Å². The van der Waals surface area contributed by atoms with Gasteiger partial charge in [-0.3, -0.25) is 28.7 Å². The minimum atomic E-state index is -1.62. The van der Waals surface area contributed by atoms with Gasteiger partial charge in [-0.15, -0.1) is 0 Å². The van der Waals surface area contributed by atoms with Gasteiger partial charge in [0, 0.05) is 38.4 Å². The fourth-order valence-corrected chi connectivity index (χ4v) is 6.67. The zero-order valence-electron chi connectivity index (χ0n) is 32.5. The predicted molar refractivity (Wildman–Crippen MR) is 210 cm³/mol. The van der Waals surface area contributed by atoms with E-state index in [1.807, 2.05) is 0 Å². The zero-order chi connectivity index (χ0) is 43.4. The van der Waals surface area contributed by atoms with Crippen LogP contribution in [0.3, 0.4) is 0 Å². The van der Waals surface area contributed by atoms with Crippen molar-refractivity contribution in [3.8, 4) is 11.5 Å². The number of hydrogen-bond donors (Lipinski definition) is 9. The van der Waals surface area contributed by atoms with Crippen molar-refractivity contribution < 1.29 is 54.9 Å². The minimum Gasteiger partial charge on any atom is -0.548 e. The van der Waals surface area contributed by atoms with Crippen LogP contribution in [0.25, 0.3) is 0 Å². The summed E-state index contributed by atoms with van der Waals surface area (Å²) in [5.41, 5.74) is 3.48. The van der Waals surface area contributed by atoms with E-state index in [0.717, 1.165) is 23.0 Å². The van der Waals surface area contributed by atoms with E-state index >= 15 is 0 Å². The molecule has 1 fully saturated rings. The maximum Gasteiger partial charge on any atom is 0.331 e. The summed E-state index contributed by atoms with van der Waals surface area (Å²) in [6, 6.07) is 5.74. The van der Waals surface area contributed by atoms with Gasteiger partial charge in [-0.25, -0.2) is 9.59 Å². The van der Waals surface area contributed by atoms with Gasteiger partial charge < -0.3 is 61.9 Å². The molecule has 21 heteroatoms. The number of quaternary nitrogens is 1. The number of nitrogens with one attached hydrogen (secondary N) is 5. The number of aromatic amines is 1. The number of likely N-dealkylation sites (N-methyl/N-ethyl adjacent to an activating group) is 1. The number of benzene rings is 2. The fraction of sp³-hybridized carbons (Fsp3) is 0.395. The number of aliphatic carboxylic acids is 1. The first-order valence-electron chi connectivity index (χ1n) is 18.4. The summed E-state index contributed by atoms with van der Waals surface area (Å²) in [5.74, 6) is -3.59. The van der Waals surface area contributed by atoms with Gasteiger partial charge in [0.25, 0.3) is 11.5 Å². The third-order valence-corrected chi connectivity index (χ3v) is 10.1. The number of phenolic OH excluding ortho intramolecular Hbond substituents is 2. The molecule has 0 saturated carbocycles. The average Bonchev–Trinajstić information content (AvgIpc) is 3.55. The molecular formula is C38H48N8O12S. The standard InChI is InChI=1S/C38H48N8O12S/c1-20(45(2)34(53)26(39)16-21-6-4-8-23(47)14-21)31(33(52)40-19-25-18-29(49)35(58-25)46-12-10-30(50)43-38(46)57)44-32(51)27(11-13-59-3)41-37(56)42-28(36(54)55)17-22-7-5-9-24(48)15-22/h4-10,12,14-15,19-20,26-29,31,35,47-49H,11,13,16-18,39H2,1-3H3,(H,40,52)(H,44,51)(H,54,55)(H2,41,42,56)(H,43,50,57)/b25-19-. The lowest BCUT2D eigenvalue weighted by atomic mass is 10.0. The lowest BCUT2D eigenvalue weighted by Gasteiger charge is -2.33. The Hall–Kier alpha value is -6.32. The number of aromatic hydroxyl groups is 2. The molecule has 1 aliphatic rings. The number of urea groups is 1. The van der Waals surface area contributed by atoms with E-state index in [1.165, 1.54) is 61.0 Å². The molecule has 1 aliphatic heterocycles. The van der Waals surface area contributed by atoms with Gasteiger partial charge in [0.1, 0.15) is 35.4 Å². The second-order valence-electron chi connectivity index (χ2n) is 13.9. The van der Waals surface area contributed by atoms with Gasteiger partial charge in [0.05, 0.1) is 18.1 Å². The molecule has 7 atom stereocenters. The highest BCUT2D eigenvalue weighted by atomic mass is 32.2. The first-order chi connectivity index (χ1) is 28.0. The summed E-state index contributed by atoms with van der Waals surface area (Å²) in [6.45, 7) is 1.49. The first kappa shape index (κ1) is 45.4. The fourth-order valence-electron chi connectivity index (χ4n) is 6.19. The summed E-state index contributed by atoms with van der Waals surface area (Å²) < 4.78 is 6.66. The molecule has 3 aromatic rings. The van der Waals surface area contributed by atoms with Crippen molar-refractivity contribution in [1.82, 2.24) is 35.7 Å². The molecule has 59 heavy (non-hydrogen) atoms. The van der Waals surface area contributed by atoms with Crippen LogP contribution in [0.15, 0.2) is 82.3 Å². The summed E-state index contributed by atoms with van der Waals surface area (Å²) in [6.07, 6.45) is 1.28. The average molecular weight is 841 g/mol. The number of nitrogens with zero attached hydrogens (tertiary/aromatic N) is 2. The second-order valence-corrected chi connectivity index (χ2v) is 14.8. The van der Waals surface area contributed by atoms with E-state index in [1.54, 1.807) is 24.5 Å². The second kappa shape index (κ2) is 20.9. The molecule has 1 aromatic heterocycles. The number of H-pyrrole nitrogens is 1. The predicted octanol–water partition coefficient (Wildman–Crippen LogP) is -2.85. The summed E-state index contributed by atoms with van der Waals surface area (Å²) >= 11 is 1.35. The van der Waals surface area contributed by atoms with Crippen LogP contribution in [0.5, 0.6) is 11.5 Å². The Balaban J connectivity index is 1.55. The molecule has 2 aromatic carbocycles. The Kier molecular flexibility index (Phi) is 16.1. The Labute approximate surface area is 341 Å². The molecule has 2 heterocycles. The topological polar surface area (TPSA) is 312 Å². The van der Waals surface area contributed by atoms with Crippen molar-refractivity contribution in [3.05, 3.63) is 105 Å². The third kappa shape index (κ3) is 12.8. The Morgan fingerprint density at radius 3 is 2.22 bits per heavy atom. The van der Waals surface area contributed by atoms with Gasteiger partial charge in [0.2, 0.25) is 18.0 Å². The number of carboxylic acid groups (broad SMARTS) is 1. The number of phenols is 2. The molecule has 0 radical (unpaired) electrons. The van der Waals surface area contributed by atoms with Crippen molar-refractivity contribution in [2.45, 2.75) is 75.1 Å². The van der Waals surface area contributed by atoms with Gasteiger partial charge in [-0.1, -0.05) is 24.3 Å². The molecule has 318 valence electrons. The molecule has 1 saturated heterocycles. The Morgan fingerprint density at radius 2 is 1.63 bits per heavy atom. The van der Waals surface area contributed by atoms with E-state index < -0.39 is 83.5 Å². The van der Waals surface area contributed by atoms with Crippen LogP contribution in [-0.4, -0.2) is 115 Å². The van der Waals surface area contributed by atoms with E-state index in [9.17, 15) is 54.0 Å². The van der Waals surface area contributed by atoms with Crippen LogP contribution < -0.4 is 43.4 Å². The number of carbonyl (C=O) groups excluding carboxylic acids is 5. The lowest BCUT2D eigenvalue weighted by molar-refractivity contribution is -0.405. The lowest BCUT2D eigenvalue weighted by Crippen LogP contribution is -2.70. The van der Waals surface area contributed by atoms with Crippen molar-refractivity contribution in [1.29, 1.82) is 0 Å². The Bertz CT molecular complexity index is 2140. The third-order valence-electron chi connectivity index (χ3n) is 9.45. The number of ether oxygens (including phenoxy) is 1. The largest absolute Gasteiger partial charge is 0.548 e. The number of hydrogen-bond acceptors (Lipinski definition) is 13. The number of thioether (sulfide) groups is 1. The maximum atomic E-state index is 13.9. The molecule has 5 amide bonds. The van der Waals surface area contributed by atoms with E-state index in [-0.39, 0.29) is 42.9 Å². The monoisotopic (exact) mass is 840 g/mol. The number of amides is 5. The van der Waals surface area contributed by atoms with Crippen LogP contribution in [0.1, 0.15) is 37.1 Å². The van der Waals surface area contributed by atoms with Gasteiger partial charge >= 0.3 is 11.7 Å². The summed E-state index contributed by atoms with van der Waals surface area (Å²) in [5, 5.41) is 52.1. The van der Waals surface area contributed by atoms with Crippen LogP contribution in [-0.2, 0) is 36.8 Å². The summed E-state index contributed by atoms with van der Waals surface area (Å²) in [4.78, 5) is 93.8. The minimum absolute atomic E-state index is 0.00164. The van der Waals surface area contributed by atoms with Crippen LogP contribution >= 0.6 is 11.8 Å². The van der Waals surface area contributed by atoms with Crippen molar-refractivity contribution in [3.63, 3.8) is 0 Å². The van der Waals surface area contributed by atoms with Crippen LogP contribution in [0, 0.1) is 0 Å². The van der Waals surface area contributed by atoms with Gasteiger partial charge in [-0.05, 0) is 67.2 Å². The van der Waals surface area contributed by atoms with Crippen molar-refractivity contribution in [2.75, 3.05) is 19.1 Å². The highest BCUT2D eigenvalue weighted by Crippen LogP contribution is 2.30. The Morgan fingerprint density at radius 1 is 1.00 bits per heavy atom. The number of aliphatic hydroxyl groups excluding tert-OH is 1. The van der Waals surface area contributed by atoms with Crippen LogP contribution in [0.2, 0.25) is 0 Å². The van der Waals surface area contributed by atoms with Crippen molar-refractivity contribution >= 4 is 41.5 Å². The number of carbonyl (C=O) groups is 5. The number of rotatable bonds is 18. The molecule has 0 bridgehead atoms. The van der Waals surface area contributed by atoms with Crippen LogP contribution in [0.4, 0.5) is 4.79 Å². The zero-order valence-corrected chi connectivity index (χ0v) is 33.3. The first-order valence-corrected chi connectivity index (χ1v) is 19.7. The highest BCUT2D eigenvalue weighted by molar-refractivity contribution is 7.98.